The average molecular weight is 420 g/mol. The number of carbonyl (C=O) groups is 1. The number of nitrogens with zero attached hydrogens (tertiary/aromatic N) is 3. The van der Waals surface area contributed by atoms with E-state index in [9.17, 15) is 13.2 Å². The minimum atomic E-state index is -3.52. The quantitative estimate of drug-likeness (QED) is 0.764. The predicted molar refractivity (Wildman–Crippen MR) is 111 cm³/mol. The van der Waals surface area contributed by atoms with Crippen LogP contribution in [0.3, 0.4) is 0 Å². The lowest BCUT2D eigenvalue weighted by Gasteiger charge is -2.33. The molecular formula is C20H25N3O3S2. The highest BCUT2D eigenvalue weighted by molar-refractivity contribution is 7.89. The molecule has 28 heavy (non-hydrogen) atoms. The van der Waals surface area contributed by atoms with E-state index in [4.69, 9.17) is 0 Å². The summed E-state index contributed by atoms with van der Waals surface area (Å²) in [7, 11) is -3.52. The Morgan fingerprint density at radius 2 is 1.93 bits per heavy atom. The molecule has 2 aliphatic rings. The smallest absolute Gasteiger partial charge is 0.243 e. The highest BCUT2D eigenvalue weighted by Gasteiger charge is 2.33. The summed E-state index contributed by atoms with van der Waals surface area (Å²) in [5.74, 6) is -0.0104. The monoisotopic (exact) mass is 419 g/mol. The lowest BCUT2D eigenvalue weighted by molar-refractivity contribution is -0.116. The number of hydrogen-bond donors (Lipinski definition) is 0. The number of thiophene rings is 1. The third-order valence-electron chi connectivity index (χ3n) is 5.53. The third-order valence-corrected chi connectivity index (χ3v) is 8.29. The summed E-state index contributed by atoms with van der Waals surface area (Å²) in [6.07, 6.45) is 0.687. The Kier molecular flexibility index (Phi) is 5.30. The summed E-state index contributed by atoms with van der Waals surface area (Å²) in [5, 5.41) is 2.07. The predicted octanol–water partition coefficient (Wildman–Crippen LogP) is 2.55. The Bertz CT molecular complexity index is 965. The first-order valence-electron chi connectivity index (χ1n) is 9.54. The Balaban J connectivity index is 1.48. The summed E-state index contributed by atoms with van der Waals surface area (Å²) < 4.78 is 27.9. The highest BCUT2D eigenvalue weighted by atomic mass is 32.2. The number of rotatable bonds is 4. The van der Waals surface area contributed by atoms with Crippen molar-refractivity contribution in [1.82, 2.24) is 9.21 Å². The number of sulfonamides is 1. The van der Waals surface area contributed by atoms with Crippen molar-refractivity contribution in [1.29, 1.82) is 0 Å². The number of piperazine rings is 1. The molecule has 0 bridgehead atoms. The van der Waals surface area contributed by atoms with Gasteiger partial charge in [-0.3, -0.25) is 9.69 Å². The Morgan fingerprint density at radius 1 is 1.18 bits per heavy atom. The van der Waals surface area contributed by atoms with Crippen molar-refractivity contribution < 1.29 is 13.2 Å². The minimum Gasteiger partial charge on any atom is -0.309 e. The van der Waals surface area contributed by atoms with Crippen molar-refractivity contribution in [3.63, 3.8) is 0 Å². The van der Waals surface area contributed by atoms with Crippen molar-refractivity contribution in [3.05, 3.63) is 46.2 Å². The van der Waals surface area contributed by atoms with Gasteiger partial charge in [-0.05, 0) is 48.6 Å². The molecule has 1 saturated heterocycles. The molecule has 3 heterocycles. The van der Waals surface area contributed by atoms with E-state index in [-0.39, 0.29) is 11.9 Å². The Morgan fingerprint density at radius 3 is 2.57 bits per heavy atom. The largest absolute Gasteiger partial charge is 0.309 e. The number of fused-ring (bicyclic) bond motifs is 1. The topological polar surface area (TPSA) is 60.9 Å². The molecule has 0 saturated carbocycles. The zero-order valence-corrected chi connectivity index (χ0v) is 17.8. The summed E-state index contributed by atoms with van der Waals surface area (Å²) in [4.78, 5) is 17.6. The summed E-state index contributed by atoms with van der Waals surface area (Å²) >= 11 is 1.73. The van der Waals surface area contributed by atoms with Crippen LogP contribution >= 0.6 is 11.3 Å². The molecule has 4 rings (SSSR count). The van der Waals surface area contributed by atoms with E-state index in [1.807, 2.05) is 13.0 Å². The van der Waals surface area contributed by atoms with Gasteiger partial charge < -0.3 is 4.90 Å². The van der Waals surface area contributed by atoms with Crippen molar-refractivity contribution in [2.24, 2.45) is 0 Å². The van der Waals surface area contributed by atoms with E-state index in [1.54, 1.807) is 45.7 Å². The van der Waals surface area contributed by atoms with E-state index >= 15 is 0 Å². The molecule has 6 nitrogen and oxygen atoms in total. The van der Waals surface area contributed by atoms with Crippen LogP contribution in [0.15, 0.2) is 40.6 Å². The second-order valence-corrected chi connectivity index (χ2v) is 10.5. The van der Waals surface area contributed by atoms with Crippen LogP contribution in [0.5, 0.6) is 0 Å². The van der Waals surface area contributed by atoms with Gasteiger partial charge in [0.1, 0.15) is 0 Å². The third kappa shape index (κ3) is 3.61. The molecular weight excluding hydrogens is 394 g/mol. The first-order chi connectivity index (χ1) is 13.4. The van der Waals surface area contributed by atoms with E-state index in [0.29, 0.717) is 24.4 Å². The van der Waals surface area contributed by atoms with Crippen LogP contribution in [-0.2, 0) is 27.8 Å². The van der Waals surface area contributed by atoms with Gasteiger partial charge in [-0.25, -0.2) is 8.42 Å². The fraction of sp³-hybridized carbons (Fsp3) is 0.450. The van der Waals surface area contributed by atoms with Gasteiger partial charge in [0.2, 0.25) is 15.9 Å². The molecule has 0 N–H and O–H groups in total. The second kappa shape index (κ2) is 7.59. The molecule has 1 aromatic carbocycles. The SMILES string of the molecule is CC(=O)N1c2ccc(S(=O)(=O)N3CCN(Cc4cccs4)CC3)cc2CC1C. The molecule has 1 atom stereocenters. The Labute approximate surface area is 170 Å². The molecule has 150 valence electrons. The van der Waals surface area contributed by atoms with Gasteiger partial charge >= 0.3 is 0 Å². The fourth-order valence-corrected chi connectivity index (χ4v) is 6.37. The van der Waals surface area contributed by atoms with E-state index in [2.05, 4.69) is 16.3 Å². The number of hydrogen-bond acceptors (Lipinski definition) is 5. The van der Waals surface area contributed by atoms with Gasteiger partial charge in [-0.1, -0.05) is 6.07 Å². The van der Waals surface area contributed by atoms with Crippen LogP contribution in [0, 0.1) is 0 Å². The van der Waals surface area contributed by atoms with Crippen LogP contribution in [-0.4, -0.2) is 55.8 Å². The number of anilines is 1. The van der Waals surface area contributed by atoms with Crippen molar-refractivity contribution in [2.75, 3.05) is 31.1 Å². The molecule has 0 spiro atoms. The summed E-state index contributed by atoms with van der Waals surface area (Å²) in [6, 6.07) is 9.39. The molecule has 8 heteroatoms. The van der Waals surface area contributed by atoms with E-state index in [0.717, 1.165) is 30.9 Å². The first-order valence-corrected chi connectivity index (χ1v) is 11.9. The molecule has 1 amide bonds. The maximum Gasteiger partial charge on any atom is 0.243 e. The van der Waals surface area contributed by atoms with Crippen LogP contribution in [0.2, 0.25) is 0 Å². The van der Waals surface area contributed by atoms with Gasteiger partial charge in [-0.2, -0.15) is 4.31 Å². The molecule has 0 radical (unpaired) electrons. The van der Waals surface area contributed by atoms with Crippen molar-refractivity contribution >= 4 is 33.0 Å². The van der Waals surface area contributed by atoms with E-state index in [1.165, 1.54) is 4.88 Å². The second-order valence-electron chi connectivity index (χ2n) is 7.49. The van der Waals surface area contributed by atoms with Gasteiger partial charge in [0, 0.05) is 56.3 Å². The van der Waals surface area contributed by atoms with Crippen LogP contribution < -0.4 is 4.90 Å². The standard InChI is InChI=1S/C20H25N3O3S2/c1-15-12-17-13-19(5-6-20(17)23(15)16(2)24)28(25,26)22-9-7-21(8-10-22)14-18-4-3-11-27-18/h3-6,11,13,15H,7-10,12,14H2,1-2H3. The summed E-state index contributed by atoms with van der Waals surface area (Å²) in [5.41, 5.74) is 1.76. The molecule has 1 fully saturated rings. The molecule has 2 aliphatic heterocycles. The van der Waals surface area contributed by atoms with Crippen LogP contribution in [0.4, 0.5) is 5.69 Å². The minimum absolute atomic E-state index is 0.0104. The van der Waals surface area contributed by atoms with Crippen molar-refractivity contribution in [2.45, 2.75) is 37.8 Å². The van der Waals surface area contributed by atoms with Gasteiger partial charge in [0.05, 0.1) is 4.90 Å². The zero-order valence-electron chi connectivity index (χ0n) is 16.2. The average Bonchev–Trinajstić information content (AvgIpc) is 3.27. The van der Waals surface area contributed by atoms with Gasteiger partial charge in [0.25, 0.3) is 0 Å². The van der Waals surface area contributed by atoms with Gasteiger partial charge in [-0.15, -0.1) is 11.3 Å². The maximum absolute atomic E-state index is 13.1. The number of benzene rings is 1. The molecule has 1 aromatic heterocycles. The lowest BCUT2D eigenvalue weighted by Crippen LogP contribution is -2.48. The molecule has 0 aliphatic carbocycles. The van der Waals surface area contributed by atoms with E-state index < -0.39 is 10.0 Å². The van der Waals surface area contributed by atoms with Crippen molar-refractivity contribution in [3.8, 4) is 0 Å². The fourth-order valence-electron chi connectivity index (χ4n) is 4.15. The van der Waals surface area contributed by atoms with Crippen LogP contribution in [0.25, 0.3) is 0 Å². The molecule has 1 unspecified atom stereocenters. The van der Waals surface area contributed by atoms with Gasteiger partial charge in [0.15, 0.2) is 0 Å². The lowest BCUT2D eigenvalue weighted by atomic mass is 10.1. The number of amides is 1. The zero-order chi connectivity index (χ0) is 19.9. The number of carbonyl (C=O) groups excluding carboxylic acids is 1. The molecule has 2 aromatic rings. The maximum atomic E-state index is 13.1. The Hall–Kier alpha value is -1.74. The highest BCUT2D eigenvalue weighted by Crippen LogP contribution is 2.34. The van der Waals surface area contributed by atoms with Crippen LogP contribution in [0.1, 0.15) is 24.3 Å². The summed E-state index contributed by atoms with van der Waals surface area (Å²) in [6.45, 7) is 6.88. The first kappa shape index (κ1) is 19.6. The normalized spacial score (nSPS) is 21.1.